The molecule has 0 aliphatic carbocycles. The molecule has 1 aliphatic heterocycles. The quantitative estimate of drug-likeness (QED) is 0.689. The third kappa shape index (κ3) is 4.99. The molecule has 2 aromatic rings. The van der Waals surface area contributed by atoms with Gasteiger partial charge in [-0.05, 0) is 6.42 Å². The Balaban J connectivity index is 1.55. The van der Waals surface area contributed by atoms with Crippen molar-refractivity contribution in [3.8, 4) is 11.8 Å². The largest absolute Gasteiger partial charge is 0.476 e. The number of nitrogens with one attached hydrogen (secondary N) is 3. The molecule has 1 fully saturated rings. The van der Waals surface area contributed by atoms with Gasteiger partial charge in [-0.3, -0.25) is 9.78 Å². The van der Waals surface area contributed by atoms with Crippen molar-refractivity contribution in [2.75, 3.05) is 18.5 Å². The van der Waals surface area contributed by atoms with Gasteiger partial charge < -0.3 is 20.1 Å². The van der Waals surface area contributed by atoms with E-state index in [9.17, 15) is 13.6 Å². The lowest BCUT2D eigenvalue weighted by Gasteiger charge is -2.21. The fraction of sp³-hybridized carbons (Fsp3) is 0.429. The maximum Gasteiger partial charge on any atom is 0.388 e. The number of H-pyrrole nitrogens is 1. The number of rotatable bonds is 7. The standard InChI is InChI=1S/C14H16F2N6O3/c15-14(16)25-12-4-9(21-22-12)19-10-5-17-6-13(20-10)24-7-8-1-2-18-11(23)3-8/h4-6,8,14H,1-3,7H2,(H,18,23)(H2,19,20,21,22)/t8-/m0/s1. The van der Waals surface area contributed by atoms with Crippen molar-refractivity contribution >= 4 is 17.5 Å². The van der Waals surface area contributed by atoms with E-state index in [4.69, 9.17) is 4.74 Å². The molecule has 1 aliphatic rings. The van der Waals surface area contributed by atoms with Crippen molar-refractivity contribution in [1.82, 2.24) is 25.5 Å². The van der Waals surface area contributed by atoms with Crippen LogP contribution in [-0.4, -0.2) is 45.8 Å². The number of aromatic nitrogens is 4. The molecule has 0 spiro atoms. The number of hydrogen-bond donors (Lipinski definition) is 3. The highest BCUT2D eigenvalue weighted by molar-refractivity contribution is 5.76. The minimum absolute atomic E-state index is 0.0155. The summed E-state index contributed by atoms with van der Waals surface area (Å²) in [4.78, 5) is 19.5. The van der Waals surface area contributed by atoms with Gasteiger partial charge in [-0.1, -0.05) is 0 Å². The van der Waals surface area contributed by atoms with Crippen LogP contribution >= 0.6 is 0 Å². The topological polar surface area (TPSA) is 114 Å². The summed E-state index contributed by atoms with van der Waals surface area (Å²) >= 11 is 0. The van der Waals surface area contributed by atoms with E-state index in [1.54, 1.807) is 0 Å². The zero-order valence-corrected chi connectivity index (χ0v) is 13.0. The van der Waals surface area contributed by atoms with Crippen LogP contribution in [0.1, 0.15) is 12.8 Å². The number of halogens is 2. The van der Waals surface area contributed by atoms with Crippen LogP contribution in [-0.2, 0) is 4.79 Å². The van der Waals surface area contributed by atoms with Gasteiger partial charge in [0.1, 0.15) is 0 Å². The van der Waals surface area contributed by atoms with Gasteiger partial charge >= 0.3 is 6.61 Å². The molecule has 11 heteroatoms. The second kappa shape index (κ2) is 7.73. The van der Waals surface area contributed by atoms with Crippen LogP contribution in [0.2, 0.25) is 0 Å². The molecule has 3 rings (SSSR count). The second-order valence-electron chi connectivity index (χ2n) is 5.38. The van der Waals surface area contributed by atoms with Crippen molar-refractivity contribution in [2.24, 2.45) is 5.92 Å². The van der Waals surface area contributed by atoms with Gasteiger partial charge in [-0.25, -0.2) is 5.10 Å². The Hall–Kier alpha value is -2.98. The van der Waals surface area contributed by atoms with Crippen molar-refractivity contribution in [1.29, 1.82) is 0 Å². The third-order valence-electron chi connectivity index (χ3n) is 3.45. The minimum atomic E-state index is -2.94. The maximum absolute atomic E-state index is 12.1. The Morgan fingerprint density at radius 3 is 3.04 bits per heavy atom. The normalized spacial score (nSPS) is 17.2. The first-order valence-corrected chi connectivity index (χ1v) is 7.57. The predicted octanol–water partition coefficient (Wildman–Crippen LogP) is 1.45. The molecule has 0 bridgehead atoms. The molecule has 134 valence electrons. The molecular weight excluding hydrogens is 338 g/mol. The molecule has 2 aromatic heterocycles. The zero-order valence-electron chi connectivity index (χ0n) is 13.0. The molecule has 0 aromatic carbocycles. The van der Waals surface area contributed by atoms with E-state index in [0.29, 0.717) is 25.4 Å². The lowest BCUT2D eigenvalue weighted by molar-refractivity contribution is -0.123. The Morgan fingerprint density at radius 2 is 2.24 bits per heavy atom. The van der Waals surface area contributed by atoms with Crippen LogP contribution in [0.3, 0.4) is 0 Å². The molecule has 0 radical (unpaired) electrons. The smallest absolute Gasteiger partial charge is 0.388 e. The summed E-state index contributed by atoms with van der Waals surface area (Å²) in [6.45, 7) is -1.94. The van der Waals surface area contributed by atoms with E-state index >= 15 is 0 Å². The van der Waals surface area contributed by atoms with E-state index in [0.717, 1.165) is 6.42 Å². The van der Waals surface area contributed by atoms with E-state index in [1.165, 1.54) is 18.5 Å². The summed E-state index contributed by atoms with van der Waals surface area (Å²) in [5.74, 6) is 0.832. The van der Waals surface area contributed by atoms with Crippen LogP contribution in [0.15, 0.2) is 18.5 Å². The number of nitrogens with zero attached hydrogens (tertiary/aromatic N) is 3. The van der Waals surface area contributed by atoms with E-state index in [1.807, 2.05) is 0 Å². The third-order valence-corrected chi connectivity index (χ3v) is 3.45. The highest BCUT2D eigenvalue weighted by atomic mass is 19.3. The van der Waals surface area contributed by atoms with E-state index in [-0.39, 0.29) is 29.4 Å². The molecule has 1 amide bonds. The fourth-order valence-electron chi connectivity index (χ4n) is 2.33. The van der Waals surface area contributed by atoms with Gasteiger partial charge in [-0.15, -0.1) is 0 Å². The van der Waals surface area contributed by atoms with Crippen molar-refractivity contribution in [2.45, 2.75) is 19.5 Å². The van der Waals surface area contributed by atoms with Gasteiger partial charge in [-0.2, -0.15) is 18.9 Å². The summed E-state index contributed by atoms with van der Waals surface area (Å²) in [5, 5.41) is 11.6. The average molecular weight is 354 g/mol. The van der Waals surface area contributed by atoms with Crippen molar-refractivity contribution in [3.05, 3.63) is 18.5 Å². The number of carbonyl (C=O) groups is 1. The van der Waals surface area contributed by atoms with Crippen LogP contribution in [0.25, 0.3) is 0 Å². The van der Waals surface area contributed by atoms with E-state index in [2.05, 4.69) is 35.5 Å². The van der Waals surface area contributed by atoms with Crippen LogP contribution < -0.4 is 20.1 Å². The predicted molar refractivity (Wildman–Crippen MR) is 81.8 cm³/mol. The monoisotopic (exact) mass is 354 g/mol. The van der Waals surface area contributed by atoms with E-state index < -0.39 is 6.61 Å². The first kappa shape index (κ1) is 16.9. The lowest BCUT2D eigenvalue weighted by atomic mass is 9.99. The maximum atomic E-state index is 12.1. The molecule has 1 saturated heterocycles. The molecule has 3 heterocycles. The van der Waals surface area contributed by atoms with Crippen LogP contribution in [0.4, 0.5) is 20.4 Å². The summed E-state index contributed by atoms with van der Waals surface area (Å²) in [5.41, 5.74) is 0. The Bertz CT molecular complexity index is 726. The number of amides is 1. The van der Waals surface area contributed by atoms with Gasteiger partial charge in [0.2, 0.25) is 17.7 Å². The fourth-order valence-corrected chi connectivity index (χ4v) is 2.33. The molecule has 3 N–H and O–H groups in total. The molecule has 9 nitrogen and oxygen atoms in total. The second-order valence-corrected chi connectivity index (χ2v) is 5.38. The Morgan fingerprint density at radius 1 is 1.36 bits per heavy atom. The van der Waals surface area contributed by atoms with Gasteiger partial charge in [0.25, 0.3) is 0 Å². The van der Waals surface area contributed by atoms with Crippen LogP contribution in [0.5, 0.6) is 11.8 Å². The summed E-state index contributed by atoms with van der Waals surface area (Å²) in [7, 11) is 0. The summed E-state index contributed by atoms with van der Waals surface area (Å²) in [6.07, 6.45) is 4.15. The minimum Gasteiger partial charge on any atom is -0.476 e. The first-order chi connectivity index (χ1) is 12.1. The molecular formula is C14H16F2N6O3. The SMILES string of the molecule is O=C1C[C@@H](COc2cncc(Nc3cc(OC(F)F)[nH]n3)n2)CCN1. The summed E-state index contributed by atoms with van der Waals surface area (Å²) < 4.78 is 34.0. The number of anilines is 2. The van der Waals surface area contributed by atoms with Crippen molar-refractivity contribution in [3.63, 3.8) is 0 Å². The molecule has 25 heavy (non-hydrogen) atoms. The van der Waals surface area contributed by atoms with Gasteiger partial charge in [0.05, 0.1) is 19.0 Å². The Kier molecular flexibility index (Phi) is 5.21. The zero-order chi connectivity index (χ0) is 17.6. The average Bonchev–Trinajstić information content (AvgIpc) is 2.99. The number of aromatic amines is 1. The number of carbonyl (C=O) groups excluding carboxylic acids is 1. The Labute approximate surface area is 141 Å². The van der Waals surface area contributed by atoms with Gasteiger partial charge in [0, 0.05) is 24.9 Å². The van der Waals surface area contributed by atoms with Crippen molar-refractivity contribution < 1.29 is 23.0 Å². The number of hydrogen-bond acceptors (Lipinski definition) is 7. The molecule has 1 atom stereocenters. The highest BCUT2D eigenvalue weighted by Gasteiger charge is 2.19. The first-order valence-electron chi connectivity index (χ1n) is 7.57. The van der Waals surface area contributed by atoms with Gasteiger partial charge in [0.15, 0.2) is 11.6 Å². The number of alkyl halides is 2. The summed E-state index contributed by atoms with van der Waals surface area (Å²) in [6, 6.07) is 1.27. The molecule has 0 saturated carbocycles. The van der Waals surface area contributed by atoms with Crippen LogP contribution in [0, 0.1) is 5.92 Å². The number of piperidine rings is 1. The lowest BCUT2D eigenvalue weighted by Crippen LogP contribution is -2.35. The number of ether oxygens (including phenoxy) is 2. The highest BCUT2D eigenvalue weighted by Crippen LogP contribution is 2.20. The molecule has 0 unspecified atom stereocenters.